The maximum absolute atomic E-state index is 12.8. The molecular formula is C18H20N4O4. The van der Waals surface area contributed by atoms with Crippen molar-refractivity contribution in [1.29, 1.82) is 0 Å². The van der Waals surface area contributed by atoms with Gasteiger partial charge in [-0.15, -0.1) is 0 Å². The number of rotatable bonds is 5. The highest BCUT2D eigenvalue weighted by Crippen LogP contribution is 2.28. The van der Waals surface area contributed by atoms with Crippen LogP contribution in [-0.2, 0) is 0 Å². The number of hydrogen-bond donors (Lipinski definition) is 0. The maximum atomic E-state index is 12.8. The monoisotopic (exact) mass is 356 g/mol. The van der Waals surface area contributed by atoms with E-state index in [2.05, 4.69) is 4.98 Å². The summed E-state index contributed by atoms with van der Waals surface area (Å²) >= 11 is 0. The predicted molar refractivity (Wildman–Crippen MR) is 96.6 cm³/mol. The second-order valence-corrected chi connectivity index (χ2v) is 5.81. The Kier molecular flexibility index (Phi) is 5.31. The Labute approximate surface area is 151 Å². The molecule has 2 heterocycles. The standard InChI is InChI=1S/C18H20N4O4/c1-2-26-17-14(6-5-9-19-17)18(23)21-12-10-20(11-13-21)15-7-3-4-8-16(15)22(24)25/h3-9H,2,10-13H2,1H3. The number of nitrogens with zero attached hydrogens (tertiary/aromatic N) is 4. The van der Waals surface area contributed by atoms with Crippen LogP contribution in [0, 0.1) is 10.1 Å². The van der Waals surface area contributed by atoms with Crippen molar-refractivity contribution in [3.8, 4) is 5.88 Å². The summed E-state index contributed by atoms with van der Waals surface area (Å²) < 4.78 is 5.44. The number of pyridine rings is 1. The van der Waals surface area contributed by atoms with E-state index in [1.165, 1.54) is 6.07 Å². The van der Waals surface area contributed by atoms with Crippen molar-refractivity contribution in [2.45, 2.75) is 6.92 Å². The molecule has 1 saturated heterocycles. The van der Waals surface area contributed by atoms with Gasteiger partial charge in [-0.25, -0.2) is 4.98 Å². The molecule has 0 bridgehead atoms. The van der Waals surface area contributed by atoms with E-state index in [0.29, 0.717) is 49.9 Å². The number of para-hydroxylation sites is 2. The van der Waals surface area contributed by atoms with Crippen LogP contribution in [0.2, 0.25) is 0 Å². The van der Waals surface area contributed by atoms with E-state index in [0.717, 1.165) is 0 Å². The highest BCUT2D eigenvalue weighted by molar-refractivity contribution is 5.96. The van der Waals surface area contributed by atoms with Gasteiger partial charge in [0.2, 0.25) is 5.88 Å². The minimum absolute atomic E-state index is 0.0816. The molecule has 136 valence electrons. The van der Waals surface area contributed by atoms with Gasteiger partial charge in [0.25, 0.3) is 11.6 Å². The van der Waals surface area contributed by atoms with Gasteiger partial charge in [0.15, 0.2) is 0 Å². The molecule has 0 radical (unpaired) electrons. The zero-order chi connectivity index (χ0) is 18.5. The quantitative estimate of drug-likeness (QED) is 0.603. The number of amides is 1. The third-order valence-corrected chi connectivity index (χ3v) is 4.27. The maximum Gasteiger partial charge on any atom is 0.292 e. The second kappa shape index (κ2) is 7.81. The first kappa shape index (κ1) is 17.7. The van der Waals surface area contributed by atoms with Crippen molar-refractivity contribution < 1.29 is 14.5 Å². The Balaban J connectivity index is 1.71. The smallest absolute Gasteiger partial charge is 0.292 e. The fourth-order valence-corrected chi connectivity index (χ4v) is 3.01. The van der Waals surface area contributed by atoms with E-state index in [1.807, 2.05) is 11.8 Å². The second-order valence-electron chi connectivity index (χ2n) is 5.81. The van der Waals surface area contributed by atoms with Crippen molar-refractivity contribution in [3.05, 3.63) is 58.3 Å². The van der Waals surface area contributed by atoms with Crippen LogP contribution in [-0.4, -0.2) is 53.5 Å². The van der Waals surface area contributed by atoms with Crippen LogP contribution >= 0.6 is 0 Å². The SMILES string of the molecule is CCOc1ncccc1C(=O)N1CCN(c2ccccc2[N+](=O)[O-])CC1. The first-order valence-corrected chi connectivity index (χ1v) is 8.47. The summed E-state index contributed by atoms with van der Waals surface area (Å²) in [6, 6.07) is 10.1. The molecule has 1 aromatic heterocycles. The number of ether oxygens (including phenoxy) is 1. The van der Waals surface area contributed by atoms with Crippen LogP contribution in [0.3, 0.4) is 0 Å². The largest absolute Gasteiger partial charge is 0.477 e. The first-order valence-electron chi connectivity index (χ1n) is 8.47. The third-order valence-electron chi connectivity index (χ3n) is 4.27. The number of nitro benzene ring substituents is 1. The fraction of sp³-hybridized carbons (Fsp3) is 0.333. The molecule has 1 aliphatic rings. The number of aromatic nitrogens is 1. The lowest BCUT2D eigenvalue weighted by molar-refractivity contribution is -0.384. The summed E-state index contributed by atoms with van der Waals surface area (Å²) in [6.45, 7) is 4.29. The van der Waals surface area contributed by atoms with E-state index < -0.39 is 0 Å². The zero-order valence-electron chi connectivity index (χ0n) is 14.5. The number of carbonyl (C=O) groups is 1. The van der Waals surface area contributed by atoms with Gasteiger partial charge in [-0.05, 0) is 25.1 Å². The molecule has 3 rings (SSSR count). The Bertz CT molecular complexity index is 803. The van der Waals surface area contributed by atoms with E-state index >= 15 is 0 Å². The molecule has 0 N–H and O–H groups in total. The van der Waals surface area contributed by atoms with Crippen LogP contribution < -0.4 is 9.64 Å². The van der Waals surface area contributed by atoms with E-state index in [1.54, 1.807) is 41.4 Å². The Morgan fingerprint density at radius 2 is 1.92 bits per heavy atom. The predicted octanol–water partition coefficient (Wildman–Crippen LogP) is 2.35. The Morgan fingerprint density at radius 1 is 1.19 bits per heavy atom. The van der Waals surface area contributed by atoms with Gasteiger partial charge >= 0.3 is 0 Å². The van der Waals surface area contributed by atoms with Gasteiger partial charge in [0.05, 0.1) is 11.5 Å². The van der Waals surface area contributed by atoms with E-state index in [4.69, 9.17) is 4.74 Å². The molecule has 2 aromatic rings. The summed E-state index contributed by atoms with van der Waals surface area (Å²) in [6.07, 6.45) is 1.59. The summed E-state index contributed by atoms with van der Waals surface area (Å²) in [7, 11) is 0. The van der Waals surface area contributed by atoms with E-state index in [-0.39, 0.29) is 16.5 Å². The van der Waals surface area contributed by atoms with Gasteiger partial charge in [-0.2, -0.15) is 0 Å². The molecule has 1 fully saturated rings. The zero-order valence-corrected chi connectivity index (χ0v) is 14.5. The lowest BCUT2D eigenvalue weighted by Crippen LogP contribution is -2.49. The van der Waals surface area contributed by atoms with Crippen LogP contribution in [0.25, 0.3) is 0 Å². The molecular weight excluding hydrogens is 336 g/mol. The van der Waals surface area contributed by atoms with Gasteiger partial charge in [-0.3, -0.25) is 14.9 Å². The summed E-state index contributed by atoms with van der Waals surface area (Å²) in [4.78, 5) is 31.4. The molecule has 0 atom stereocenters. The van der Waals surface area contributed by atoms with Crippen LogP contribution in [0.5, 0.6) is 5.88 Å². The lowest BCUT2D eigenvalue weighted by atomic mass is 10.2. The summed E-state index contributed by atoms with van der Waals surface area (Å²) in [5, 5.41) is 11.2. The normalized spacial score (nSPS) is 14.2. The summed E-state index contributed by atoms with van der Waals surface area (Å²) in [5.41, 5.74) is 1.10. The molecule has 0 unspecified atom stereocenters. The van der Waals surface area contributed by atoms with Gasteiger partial charge in [0.1, 0.15) is 11.3 Å². The molecule has 26 heavy (non-hydrogen) atoms. The highest BCUT2D eigenvalue weighted by atomic mass is 16.6. The fourth-order valence-electron chi connectivity index (χ4n) is 3.01. The Hall–Kier alpha value is -3.16. The topological polar surface area (TPSA) is 88.8 Å². The number of benzene rings is 1. The van der Waals surface area contributed by atoms with Crippen molar-refractivity contribution in [3.63, 3.8) is 0 Å². The van der Waals surface area contributed by atoms with Gasteiger partial charge in [0, 0.05) is 38.4 Å². The summed E-state index contributed by atoms with van der Waals surface area (Å²) in [5.74, 6) is 0.199. The lowest BCUT2D eigenvalue weighted by Gasteiger charge is -2.35. The molecule has 0 saturated carbocycles. The highest BCUT2D eigenvalue weighted by Gasteiger charge is 2.27. The average Bonchev–Trinajstić information content (AvgIpc) is 2.68. The van der Waals surface area contributed by atoms with Crippen molar-refractivity contribution >= 4 is 17.3 Å². The van der Waals surface area contributed by atoms with Gasteiger partial charge in [-0.1, -0.05) is 12.1 Å². The molecule has 0 aliphatic carbocycles. The molecule has 1 aliphatic heterocycles. The van der Waals surface area contributed by atoms with Crippen molar-refractivity contribution in [1.82, 2.24) is 9.88 Å². The van der Waals surface area contributed by atoms with E-state index in [9.17, 15) is 14.9 Å². The number of nitro groups is 1. The minimum Gasteiger partial charge on any atom is -0.477 e. The van der Waals surface area contributed by atoms with Gasteiger partial charge < -0.3 is 14.5 Å². The minimum atomic E-state index is -0.378. The molecule has 0 spiro atoms. The molecule has 1 amide bonds. The number of piperazine rings is 1. The van der Waals surface area contributed by atoms with Crippen LogP contribution in [0.15, 0.2) is 42.6 Å². The number of hydrogen-bond acceptors (Lipinski definition) is 6. The third kappa shape index (κ3) is 3.58. The van der Waals surface area contributed by atoms with Crippen LogP contribution in [0.1, 0.15) is 17.3 Å². The van der Waals surface area contributed by atoms with Crippen LogP contribution in [0.4, 0.5) is 11.4 Å². The molecule has 1 aromatic carbocycles. The van der Waals surface area contributed by atoms with Crippen molar-refractivity contribution in [2.24, 2.45) is 0 Å². The molecule has 8 nitrogen and oxygen atoms in total. The number of anilines is 1. The Morgan fingerprint density at radius 3 is 2.62 bits per heavy atom. The molecule has 8 heteroatoms. The van der Waals surface area contributed by atoms with Crippen molar-refractivity contribution in [2.75, 3.05) is 37.7 Å². The first-order chi connectivity index (χ1) is 12.6. The average molecular weight is 356 g/mol. The number of carbonyl (C=O) groups excluding carboxylic acids is 1.